The molecule has 4 nitrogen and oxygen atoms in total. The summed E-state index contributed by atoms with van der Waals surface area (Å²) in [6, 6.07) is 11.3. The predicted octanol–water partition coefficient (Wildman–Crippen LogP) is 3.75. The molecule has 0 spiro atoms. The van der Waals surface area contributed by atoms with Gasteiger partial charge in [0.2, 0.25) is 0 Å². The van der Waals surface area contributed by atoms with Crippen LogP contribution >= 0.6 is 11.6 Å². The van der Waals surface area contributed by atoms with Crippen LogP contribution in [0.1, 0.15) is 5.69 Å². The van der Waals surface area contributed by atoms with E-state index in [1.807, 2.05) is 37.3 Å². The third-order valence-corrected chi connectivity index (χ3v) is 3.28. The van der Waals surface area contributed by atoms with Crippen molar-refractivity contribution in [3.63, 3.8) is 0 Å². The third-order valence-electron chi connectivity index (χ3n) is 3.08. The lowest BCUT2D eigenvalue weighted by atomic mass is 10.0. The number of nitrogen functional groups attached to an aromatic ring is 1. The van der Waals surface area contributed by atoms with Crippen molar-refractivity contribution >= 4 is 17.4 Å². The number of rotatable bonds is 2. The summed E-state index contributed by atoms with van der Waals surface area (Å²) >= 11 is 6.06. The van der Waals surface area contributed by atoms with E-state index >= 15 is 0 Å². The summed E-state index contributed by atoms with van der Waals surface area (Å²) in [7, 11) is 0. The van der Waals surface area contributed by atoms with Crippen LogP contribution < -0.4 is 5.73 Å². The number of pyridine rings is 3. The van der Waals surface area contributed by atoms with Crippen molar-refractivity contribution in [1.29, 1.82) is 0 Å². The first-order valence-corrected chi connectivity index (χ1v) is 6.83. The zero-order valence-corrected chi connectivity index (χ0v) is 12.2. The number of hydrogen-bond acceptors (Lipinski definition) is 4. The minimum atomic E-state index is 0.457. The lowest BCUT2D eigenvalue weighted by Gasteiger charge is -2.10. The van der Waals surface area contributed by atoms with Gasteiger partial charge in [-0.3, -0.25) is 4.98 Å². The minimum absolute atomic E-state index is 0.457. The van der Waals surface area contributed by atoms with Crippen molar-refractivity contribution in [2.75, 3.05) is 5.73 Å². The Morgan fingerprint density at radius 3 is 2.62 bits per heavy atom. The molecule has 0 amide bonds. The summed E-state index contributed by atoms with van der Waals surface area (Å²) < 4.78 is 0. The zero-order chi connectivity index (χ0) is 14.8. The zero-order valence-electron chi connectivity index (χ0n) is 11.4. The standard InChI is InChI=1S/C16H13ClN4/c1-10-7-12(8-14(17)20-10)13-4-5-15(18)21-16(13)11-3-2-6-19-9-11/h2-9H,1H3,(H2,18,21). The Morgan fingerprint density at radius 2 is 1.90 bits per heavy atom. The first-order chi connectivity index (χ1) is 10.1. The summed E-state index contributed by atoms with van der Waals surface area (Å²) in [5, 5.41) is 0.457. The molecule has 0 saturated carbocycles. The molecule has 0 radical (unpaired) electrons. The molecule has 0 bridgehead atoms. The maximum Gasteiger partial charge on any atom is 0.129 e. The van der Waals surface area contributed by atoms with Gasteiger partial charge in [0.1, 0.15) is 11.0 Å². The lowest BCUT2D eigenvalue weighted by molar-refractivity contribution is 1.20. The van der Waals surface area contributed by atoms with Crippen molar-refractivity contribution < 1.29 is 0 Å². The summed E-state index contributed by atoms with van der Waals surface area (Å²) in [6.45, 7) is 1.91. The molecular weight excluding hydrogens is 284 g/mol. The average molecular weight is 297 g/mol. The van der Waals surface area contributed by atoms with Crippen molar-refractivity contribution in [2.24, 2.45) is 0 Å². The normalized spacial score (nSPS) is 10.6. The van der Waals surface area contributed by atoms with Gasteiger partial charge in [0.05, 0.1) is 5.69 Å². The van der Waals surface area contributed by atoms with E-state index < -0.39 is 0 Å². The van der Waals surface area contributed by atoms with E-state index in [0.29, 0.717) is 11.0 Å². The molecule has 5 heteroatoms. The summed E-state index contributed by atoms with van der Waals surface area (Å²) in [5.41, 5.74) is 10.3. The van der Waals surface area contributed by atoms with E-state index in [1.165, 1.54) is 0 Å². The monoisotopic (exact) mass is 296 g/mol. The Hall–Kier alpha value is -2.46. The van der Waals surface area contributed by atoms with Crippen LogP contribution in [0.3, 0.4) is 0 Å². The average Bonchev–Trinajstić information content (AvgIpc) is 2.47. The molecule has 3 aromatic rings. The quantitative estimate of drug-likeness (QED) is 0.731. The molecule has 3 aromatic heterocycles. The lowest BCUT2D eigenvalue weighted by Crippen LogP contribution is -1.96. The number of aromatic nitrogens is 3. The molecule has 0 aliphatic heterocycles. The van der Waals surface area contributed by atoms with Gasteiger partial charge < -0.3 is 5.73 Å². The van der Waals surface area contributed by atoms with Gasteiger partial charge in [-0.25, -0.2) is 9.97 Å². The van der Waals surface area contributed by atoms with Crippen LogP contribution in [-0.2, 0) is 0 Å². The number of hydrogen-bond donors (Lipinski definition) is 1. The molecule has 0 fully saturated rings. The molecular formula is C16H13ClN4. The van der Waals surface area contributed by atoms with Crippen LogP contribution in [0.25, 0.3) is 22.4 Å². The molecule has 0 aromatic carbocycles. The third kappa shape index (κ3) is 2.85. The fourth-order valence-corrected chi connectivity index (χ4v) is 2.46. The number of anilines is 1. The fourth-order valence-electron chi connectivity index (χ4n) is 2.21. The van der Waals surface area contributed by atoms with Gasteiger partial charge in [-0.05, 0) is 48.9 Å². The number of nitrogens with zero attached hydrogens (tertiary/aromatic N) is 3. The molecule has 0 saturated heterocycles. The topological polar surface area (TPSA) is 64.7 Å². The highest BCUT2D eigenvalue weighted by molar-refractivity contribution is 6.29. The number of aryl methyl sites for hydroxylation is 1. The highest BCUT2D eigenvalue weighted by Gasteiger charge is 2.11. The first kappa shape index (κ1) is 13.5. The van der Waals surface area contributed by atoms with Gasteiger partial charge in [0.15, 0.2) is 0 Å². The van der Waals surface area contributed by atoms with E-state index in [1.54, 1.807) is 18.5 Å². The molecule has 21 heavy (non-hydrogen) atoms. The molecule has 0 aliphatic carbocycles. The van der Waals surface area contributed by atoms with Crippen molar-refractivity contribution in [3.05, 3.63) is 59.6 Å². The van der Waals surface area contributed by atoms with E-state index in [-0.39, 0.29) is 0 Å². The highest BCUT2D eigenvalue weighted by Crippen LogP contribution is 2.32. The second-order valence-electron chi connectivity index (χ2n) is 4.69. The Labute approximate surface area is 127 Å². The van der Waals surface area contributed by atoms with Gasteiger partial charge in [0.25, 0.3) is 0 Å². The largest absolute Gasteiger partial charge is 0.384 e. The van der Waals surface area contributed by atoms with E-state index in [4.69, 9.17) is 17.3 Å². The van der Waals surface area contributed by atoms with Crippen LogP contribution in [0.15, 0.2) is 48.8 Å². The molecule has 0 aliphatic rings. The van der Waals surface area contributed by atoms with Gasteiger partial charge in [0, 0.05) is 29.2 Å². The van der Waals surface area contributed by atoms with Crippen LogP contribution in [0.2, 0.25) is 5.15 Å². The first-order valence-electron chi connectivity index (χ1n) is 6.45. The SMILES string of the molecule is Cc1cc(-c2ccc(N)nc2-c2cccnc2)cc(Cl)n1. The molecule has 3 heterocycles. The summed E-state index contributed by atoms with van der Waals surface area (Å²) in [5.74, 6) is 0.467. The molecule has 2 N–H and O–H groups in total. The van der Waals surface area contributed by atoms with Gasteiger partial charge in [-0.2, -0.15) is 0 Å². The van der Waals surface area contributed by atoms with Gasteiger partial charge >= 0.3 is 0 Å². The van der Waals surface area contributed by atoms with Crippen LogP contribution in [-0.4, -0.2) is 15.0 Å². The van der Waals surface area contributed by atoms with Crippen molar-refractivity contribution in [1.82, 2.24) is 15.0 Å². The smallest absolute Gasteiger partial charge is 0.129 e. The summed E-state index contributed by atoms with van der Waals surface area (Å²) in [4.78, 5) is 12.8. The number of nitrogens with two attached hydrogens (primary N) is 1. The molecule has 104 valence electrons. The van der Waals surface area contributed by atoms with Crippen LogP contribution in [0.4, 0.5) is 5.82 Å². The predicted molar refractivity (Wildman–Crippen MR) is 84.9 cm³/mol. The second kappa shape index (κ2) is 5.50. The minimum Gasteiger partial charge on any atom is -0.384 e. The Kier molecular flexibility index (Phi) is 3.54. The van der Waals surface area contributed by atoms with E-state index in [2.05, 4.69) is 15.0 Å². The van der Waals surface area contributed by atoms with Crippen molar-refractivity contribution in [2.45, 2.75) is 6.92 Å². The summed E-state index contributed by atoms with van der Waals surface area (Å²) in [6.07, 6.45) is 3.49. The Morgan fingerprint density at radius 1 is 1.05 bits per heavy atom. The van der Waals surface area contributed by atoms with Crippen LogP contribution in [0, 0.1) is 6.92 Å². The van der Waals surface area contributed by atoms with Crippen molar-refractivity contribution in [3.8, 4) is 22.4 Å². The number of halogens is 1. The van der Waals surface area contributed by atoms with Gasteiger partial charge in [-0.1, -0.05) is 11.6 Å². The molecule has 3 rings (SSSR count). The second-order valence-corrected chi connectivity index (χ2v) is 5.08. The fraction of sp³-hybridized carbons (Fsp3) is 0.0625. The Balaban J connectivity index is 2.23. The van der Waals surface area contributed by atoms with Crippen LogP contribution in [0.5, 0.6) is 0 Å². The molecule has 0 atom stereocenters. The maximum absolute atomic E-state index is 6.06. The van der Waals surface area contributed by atoms with Gasteiger partial charge in [-0.15, -0.1) is 0 Å². The maximum atomic E-state index is 6.06. The van der Waals surface area contributed by atoms with E-state index in [9.17, 15) is 0 Å². The Bertz CT molecular complexity index is 767. The highest BCUT2D eigenvalue weighted by atomic mass is 35.5. The molecule has 0 unspecified atom stereocenters. The van der Waals surface area contributed by atoms with E-state index in [0.717, 1.165) is 28.1 Å².